The average molecular weight is 370 g/mol. The van der Waals surface area contributed by atoms with Gasteiger partial charge in [-0.25, -0.2) is 14.6 Å². The van der Waals surface area contributed by atoms with Gasteiger partial charge in [0.15, 0.2) is 5.69 Å². The van der Waals surface area contributed by atoms with Gasteiger partial charge in [-0.05, 0) is 52.0 Å². The molecule has 0 aliphatic rings. The van der Waals surface area contributed by atoms with Crippen molar-refractivity contribution in [1.82, 2.24) is 9.97 Å². The van der Waals surface area contributed by atoms with Crippen LogP contribution in [-0.4, -0.2) is 35.6 Å². The van der Waals surface area contributed by atoms with Crippen LogP contribution in [-0.2, 0) is 9.53 Å². The highest BCUT2D eigenvalue weighted by molar-refractivity contribution is 5.91. The van der Waals surface area contributed by atoms with Crippen LogP contribution in [0, 0.1) is 20.8 Å². The summed E-state index contributed by atoms with van der Waals surface area (Å²) in [7, 11) is 1.52. The fraction of sp³-hybridized carbons (Fsp3) is 0.300. The second-order valence-corrected chi connectivity index (χ2v) is 5.71. The molecule has 7 heteroatoms. The number of rotatable bonds is 6. The van der Waals surface area contributed by atoms with Crippen molar-refractivity contribution in [2.75, 3.05) is 13.7 Å². The third-order valence-electron chi connectivity index (χ3n) is 3.78. The first-order valence-electron chi connectivity index (χ1n) is 8.42. The minimum absolute atomic E-state index is 0.147. The molecule has 1 aromatic carbocycles. The Kier molecular flexibility index (Phi) is 6.65. The first kappa shape index (κ1) is 20.1. The number of hydrogen-bond donors (Lipinski definition) is 0. The van der Waals surface area contributed by atoms with Crippen LogP contribution in [0.1, 0.15) is 40.1 Å². The molecular weight excluding hydrogens is 348 g/mol. The van der Waals surface area contributed by atoms with Crippen molar-refractivity contribution in [3.8, 4) is 11.5 Å². The van der Waals surface area contributed by atoms with Crippen LogP contribution >= 0.6 is 0 Å². The quantitative estimate of drug-likeness (QED) is 0.438. The monoisotopic (exact) mass is 370 g/mol. The van der Waals surface area contributed by atoms with E-state index < -0.39 is 11.9 Å². The van der Waals surface area contributed by atoms with Gasteiger partial charge in [0.2, 0.25) is 0 Å². The maximum absolute atomic E-state index is 12.6. The Bertz CT molecular complexity index is 890. The molecule has 142 valence electrons. The van der Waals surface area contributed by atoms with Gasteiger partial charge < -0.3 is 14.2 Å². The first-order chi connectivity index (χ1) is 12.8. The van der Waals surface area contributed by atoms with Crippen molar-refractivity contribution in [2.45, 2.75) is 27.7 Å². The van der Waals surface area contributed by atoms with Crippen LogP contribution < -0.4 is 9.47 Å². The summed E-state index contributed by atoms with van der Waals surface area (Å²) >= 11 is 0. The fourth-order valence-electron chi connectivity index (χ4n) is 2.28. The SMILES string of the molecule is CCOC(=O)/C=C/c1cc(OC)ccc1OC(=O)c1nc(C)c(C)nc1C. The topological polar surface area (TPSA) is 87.6 Å². The predicted octanol–water partition coefficient (Wildman–Crippen LogP) is 3.21. The molecule has 0 atom stereocenters. The highest BCUT2D eigenvalue weighted by atomic mass is 16.5. The lowest BCUT2D eigenvalue weighted by molar-refractivity contribution is -0.137. The highest BCUT2D eigenvalue weighted by Gasteiger charge is 2.18. The fourth-order valence-corrected chi connectivity index (χ4v) is 2.28. The van der Waals surface area contributed by atoms with Gasteiger partial charge >= 0.3 is 11.9 Å². The molecule has 0 spiro atoms. The summed E-state index contributed by atoms with van der Waals surface area (Å²) in [6.07, 6.45) is 2.76. The Morgan fingerprint density at radius 1 is 1.07 bits per heavy atom. The molecule has 0 aliphatic carbocycles. The predicted molar refractivity (Wildman–Crippen MR) is 99.9 cm³/mol. The molecule has 0 amide bonds. The molecule has 27 heavy (non-hydrogen) atoms. The van der Waals surface area contributed by atoms with Gasteiger partial charge in [-0.15, -0.1) is 0 Å². The normalized spacial score (nSPS) is 10.7. The van der Waals surface area contributed by atoms with Crippen molar-refractivity contribution >= 4 is 18.0 Å². The Labute approximate surface area is 158 Å². The summed E-state index contributed by atoms with van der Waals surface area (Å²) in [6.45, 7) is 7.29. The maximum Gasteiger partial charge on any atom is 0.364 e. The van der Waals surface area contributed by atoms with E-state index >= 15 is 0 Å². The number of methoxy groups -OCH3 is 1. The Morgan fingerprint density at radius 3 is 2.44 bits per heavy atom. The molecule has 0 saturated heterocycles. The molecule has 0 aliphatic heterocycles. The zero-order valence-corrected chi connectivity index (χ0v) is 16.0. The minimum Gasteiger partial charge on any atom is -0.497 e. The van der Waals surface area contributed by atoms with Crippen LogP contribution in [0.15, 0.2) is 24.3 Å². The minimum atomic E-state index is -0.626. The van der Waals surface area contributed by atoms with Crippen molar-refractivity contribution in [2.24, 2.45) is 0 Å². The molecule has 2 rings (SSSR count). The maximum atomic E-state index is 12.6. The molecule has 0 fully saturated rings. The van der Waals surface area contributed by atoms with Crippen molar-refractivity contribution in [3.63, 3.8) is 0 Å². The number of esters is 2. The zero-order chi connectivity index (χ0) is 20.0. The molecule has 2 aromatic rings. The number of nitrogens with zero attached hydrogens (tertiary/aromatic N) is 2. The van der Waals surface area contributed by atoms with E-state index in [2.05, 4.69) is 9.97 Å². The summed E-state index contributed by atoms with van der Waals surface area (Å²) in [4.78, 5) is 32.7. The van der Waals surface area contributed by atoms with E-state index in [0.717, 1.165) is 5.69 Å². The van der Waals surface area contributed by atoms with Gasteiger partial charge in [-0.1, -0.05) is 0 Å². The molecule has 1 aromatic heterocycles. The van der Waals surface area contributed by atoms with E-state index in [1.54, 1.807) is 39.0 Å². The Morgan fingerprint density at radius 2 is 1.78 bits per heavy atom. The summed E-state index contributed by atoms with van der Waals surface area (Å²) in [6, 6.07) is 4.89. The number of aromatic nitrogens is 2. The van der Waals surface area contributed by atoms with E-state index in [9.17, 15) is 9.59 Å². The van der Waals surface area contributed by atoms with Crippen LogP contribution in [0.2, 0.25) is 0 Å². The molecule has 0 bridgehead atoms. The van der Waals surface area contributed by atoms with E-state index in [4.69, 9.17) is 14.2 Å². The van der Waals surface area contributed by atoms with Gasteiger partial charge in [-0.2, -0.15) is 0 Å². The largest absolute Gasteiger partial charge is 0.497 e. The lowest BCUT2D eigenvalue weighted by Crippen LogP contribution is -2.15. The van der Waals surface area contributed by atoms with Gasteiger partial charge in [-0.3, -0.25) is 4.98 Å². The summed E-state index contributed by atoms with van der Waals surface area (Å²) < 4.78 is 15.6. The van der Waals surface area contributed by atoms with Crippen LogP contribution in [0.5, 0.6) is 11.5 Å². The standard InChI is InChI=1S/C20H22N2O5/c1-6-26-18(23)10-7-15-11-16(25-5)8-9-17(15)27-20(24)19-14(4)21-12(2)13(3)22-19/h7-11H,6H2,1-5H3/b10-7+. The van der Waals surface area contributed by atoms with Crippen LogP contribution in [0.3, 0.4) is 0 Å². The van der Waals surface area contributed by atoms with Gasteiger partial charge in [0.25, 0.3) is 0 Å². The molecule has 1 heterocycles. The number of hydrogen-bond acceptors (Lipinski definition) is 7. The highest BCUT2D eigenvalue weighted by Crippen LogP contribution is 2.26. The summed E-state index contributed by atoms with van der Waals surface area (Å²) in [5.74, 6) is -0.297. The van der Waals surface area contributed by atoms with Gasteiger partial charge in [0.1, 0.15) is 11.5 Å². The third-order valence-corrected chi connectivity index (χ3v) is 3.78. The second kappa shape index (κ2) is 8.93. The van der Waals surface area contributed by atoms with E-state index in [-0.39, 0.29) is 18.1 Å². The third kappa shape index (κ3) is 5.13. The smallest absolute Gasteiger partial charge is 0.364 e. The summed E-state index contributed by atoms with van der Waals surface area (Å²) in [5.41, 5.74) is 2.54. The Balaban J connectivity index is 2.33. The summed E-state index contributed by atoms with van der Waals surface area (Å²) in [5, 5.41) is 0. The Hall–Kier alpha value is -3.22. The second-order valence-electron chi connectivity index (χ2n) is 5.71. The number of carbonyl (C=O) groups is 2. The molecule has 0 saturated carbocycles. The van der Waals surface area contributed by atoms with Crippen molar-refractivity contribution in [3.05, 3.63) is 52.6 Å². The van der Waals surface area contributed by atoms with Crippen LogP contribution in [0.25, 0.3) is 6.08 Å². The first-order valence-corrected chi connectivity index (χ1v) is 8.42. The average Bonchev–Trinajstić information content (AvgIpc) is 2.64. The van der Waals surface area contributed by atoms with E-state index in [1.807, 2.05) is 6.92 Å². The molecule has 0 unspecified atom stereocenters. The van der Waals surface area contributed by atoms with Crippen molar-refractivity contribution in [1.29, 1.82) is 0 Å². The van der Waals surface area contributed by atoms with Crippen molar-refractivity contribution < 1.29 is 23.8 Å². The lowest BCUT2D eigenvalue weighted by Gasteiger charge is -2.11. The molecule has 0 N–H and O–H groups in total. The lowest BCUT2D eigenvalue weighted by atomic mass is 10.1. The number of ether oxygens (including phenoxy) is 3. The van der Waals surface area contributed by atoms with Gasteiger partial charge in [0.05, 0.1) is 30.8 Å². The van der Waals surface area contributed by atoms with E-state index in [1.165, 1.54) is 19.3 Å². The number of aryl methyl sites for hydroxylation is 3. The molecular formula is C20H22N2O5. The zero-order valence-electron chi connectivity index (χ0n) is 16.0. The van der Waals surface area contributed by atoms with Gasteiger partial charge in [0, 0.05) is 11.6 Å². The number of carbonyl (C=O) groups excluding carboxylic acids is 2. The molecule has 0 radical (unpaired) electrons. The molecule has 7 nitrogen and oxygen atoms in total. The van der Waals surface area contributed by atoms with E-state index in [0.29, 0.717) is 22.7 Å². The van der Waals surface area contributed by atoms with Crippen LogP contribution in [0.4, 0.5) is 0 Å². The number of benzene rings is 1.